The first-order valence-corrected chi connectivity index (χ1v) is 8.75. The van der Waals surface area contributed by atoms with Crippen LogP contribution in [-0.4, -0.2) is 22.4 Å². The molecule has 0 unspecified atom stereocenters. The molecule has 0 spiro atoms. The molecular formula is C21H21FN4O. The molecule has 0 aliphatic carbocycles. The molecule has 0 saturated heterocycles. The minimum atomic E-state index is -0.271. The standard InChI is InChI=1S/C21H21FN4O/c1-3-26(19-6-4-5-15(2)11-19)20(27)17-13-24-21(25-14-17)23-12-16-7-9-18(22)10-8-16/h4-11,13-14H,3,12H2,1-2H3,(H,23,24,25). The molecule has 3 aromatic rings. The van der Waals surface area contributed by atoms with E-state index in [0.29, 0.717) is 24.6 Å². The van der Waals surface area contributed by atoms with Crippen LogP contribution in [0.2, 0.25) is 0 Å². The summed E-state index contributed by atoms with van der Waals surface area (Å²) in [5.74, 6) is -0.00498. The summed E-state index contributed by atoms with van der Waals surface area (Å²) in [6.45, 7) is 4.94. The summed E-state index contributed by atoms with van der Waals surface area (Å²) in [7, 11) is 0. The summed E-state index contributed by atoms with van der Waals surface area (Å²) >= 11 is 0. The maximum absolute atomic E-state index is 12.9. The first-order valence-electron chi connectivity index (χ1n) is 8.75. The molecule has 0 aliphatic rings. The Morgan fingerprint density at radius 1 is 1.11 bits per heavy atom. The van der Waals surface area contributed by atoms with Crippen molar-refractivity contribution in [2.45, 2.75) is 20.4 Å². The molecular weight excluding hydrogens is 343 g/mol. The summed E-state index contributed by atoms with van der Waals surface area (Å²) in [5, 5.41) is 3.06. The van der Waals surface area contributed by atoms with Gasteiger partial charge in [0.1, 0.15) is 5.82 Å². The smallest absolute Gasteiger partial charge is 0.261 e. The Balaban J connectivity index is 1.68. The predicted octanol–water partition coefficient (Wildman–Crippen LogP) is 4.20. The Morgan fingerprint density at radius 3 is 2.44 bits per heavy atom. The number of aromatic nitrogens is 2. The number of anilines is 2. The van der Waals surface area contributed by atoms with E-state index in [1.54, 1.807) is 17.0 Å². The molecule has 5 nitrogen and oxygen atoms in total. The van der Waals surface area contributed by atoms with Gasteiger partial charge in [0.15, 0.2) is 0 Å². The van der Waals surface area contributed by atoms with Crippen LogP contribution in [0.4, 0.5) is 16.0 Å². The third kappa shape index (κ3) is 4.67. The number of hydrogen-bond donors (Lipinski definition) is 1. The second-order valence-electron chi connectivity index (χ2n) is 6.16. The third-order valence-corrected chi connectivity index (χ3v) is 4.14. The molecule has 0 radical (unpaired) electrons. The summed E-state index contributed by atoms with van der Waals surface area (Å²) < 4.78 is 12.9. The number of rotatable bonds is 6. The Morgan fingerprint density at radius 2 is 1.81 bits per heavy atom. The lowest BCUT2D eigenvalue weighted by atomic mass is 10.2. The fraction of sp³-hybridized carbons (Fsp3) is 0.190. The molecule has 0 fully saturated rings. The van der Waals surface area contributed by atoms with Gasteiger partial charge in [-0.3, -0.25) is 4.79 Å². The van der Waals surface area contributed by atoms with E-state index in [9.17, 15) is 9.18 Å². The third-order valence-electron chi connectivity index (χ3n) is 4.14. The average Bonchev–Trinajstić information content (AvgIpc) is 2.68. The van der Waals surface area contributed by atoms with Crippen molar-refractivity contribution in [3.05, 3.63) is 83.4 Å². The van der Waals surface area contributed by atoms with Gasteiger partial charge < -0.3 is 10.2 Å². The molecule has 2 aromatic carbocycles. The second kappa shape index (κ2) is 8.40. The largest absolute Gasteiger partial charge is 0.350 e. The second-order valence-corrected chi connectivity index (χ2v) is 6.16. The zero-order valence-corrected chi connectivity index (χ0v) is 15.3. The topological polar surface area (TPSA) is 58.1 Å². The van der Waals surface area contributed by atoms with Gasteiger partial charge in [0.2, 0.25) is 5.95 Å². The maximum atomic E-state index is 12.9. The summed E-state index contributed by atoms with van der Waals surface area (Å²) in [6.07, 6.45) is 3.03. The van der Waals surface area contributed by atoms with Crippen molar-refractivity contribution in [2.75, 3.05) is 16.8 Å². The minimum Gasteiger partial charge on any atom is -0.350 e. The van der Waals surface area contributed by atoms with Crippen molar-refractivity contribution < 1.29 is 9.18 Å². The number of benzene rings is 2. The van der Waals surface area contributed by atoms with Gasteiger partial charge in [0, 0.05) is 31.2 Å². The first kappa shape index (κ1) is 18.5. The maximum Gasteiger partial charge on any atom is 0.261 e. The van der Waals surface area contributed by atoms with Gasteiger partial charge in [-0.25, -0.2) is 14.4 Å². The molecule has 0 aliphatic heterocycles. The number of halogens is 1. The summed E-state index contributed by atoms with van der Waals surface area (Å²) in [5.41, 5.74) is 3.28. The van der Waals surface area contributed by atoms with Gasteiger partial charge in [-0.1, -0.05) is 24.3 Å². The minimum absolute atomic E-state index is 0.145. The van der Waals surface area contributed by atoms with Crippen molar-refractivity contribution >= 4 is 17.5 Å². The number of nitrogens with one attached hydrogen (secondary N) is 1. The Kier molecular flexibility index (Phi) is 5.76. The molecule has 3 rings (SSSR count). The molecule has 1 aromatic heterocycles. The molecule has 138 valence electrons. The van der Waals surface area contributed by atoms with E-state index < -0.39 is 0 Å². The van der Waals surface area contributed by atoms with E-state index in [-0.39, 0.29) is 11.7 Å². The SMILES string of the molecule is CCN(C(=O)c1cnc(NCc2ccc(F)cc2)nc1)c1cccc(C)c1. The van der Waals surface area contributed by atoms with Crippen molar-refractivity contribution in [3.8, 4) is 0 Å². The lowest BCUT2D eigenvalue weighted by Gasteiger charge is -2.21. The molecule has 6 heteroatoms. The summed E-state index contributed by atoms with van der Waals surface area (Å²) in [4.78, 5) is 22.9. The Bertz CT molecular complexity index is 910. The van der Waals surface area contributed by atoms with Crippen LogP contribution >= 0.6 is 0 Å². The van der Waals surface area contributed by atoms with Crippen molar-refractivity contribution in [1.29, 1.82) is 0 Å². The highest BCUT2D eigenvalue weighted by molar-refractivity contribution is 6.05. The summed E-state index contributed by atoms with van der Waals surface area (Å²) in [6, 6.07) is 14.0. The Hall–Kier alpha value is -3.28. The van der Waals surface area contributed by atoms with Crippen LogP contribution < -0.4 is 10.2 Å². The molecule has 1 N–H and O–H groups in total. The molecule has 1 heterocycles. The highest BCUT2D eigenvalue weighted by Crippen LogP contribution is 2.18. The number of hydrogen-bond acceptors (Lipinski definition) is 4. The van der Waals surface area contributed by atoms with Gasteiger partial charge in [-0.05, 0) is 49.2 Å². The zero-order valence-electron chi connectivity index (χ0n) is 15.3. The van der Waals surface area contributed by atoms with Crippen LogP contribution in [0.1, 0.15) is 28.4 Å². The van der Waals surface area contributed by atoms with Crippen LogP contribution in [0.15, 0.2) is 60.9 Å². The quantitative estimate of drug-likeness (QED) is 0.712. The van der Waals surface area contributed by atoms with Crippen molar-refractivity contribution in [2.24, 2.45) is 0 Å². The number of carbonyl (C=O) groups is 1. The van der Waals surface area contributed by atoms with Gasteiger partial charge in [0.05, 0.1) is 5.56 Å². The highest BCUT2D eigenvalue weighted by Gasteiger charge is 2.17. The van der Waals surface area contributed by atoms with Crippen LogP contribution in [0.25, 0.3) is 0 Å². The molecule has 0 bridgehead atoms. The number of amides is 1. The zero-order chi connectivity index (χ0) is 19.2. The van der Waals surface area contributed by atoms with Crippen LogP contribution in [0.5, 0.6) is 0 Å². The van der Waals surface area contributed by atoms with E-state index in [4.69, 9.17) is 0 Å². The molecule has 0 atom stereocenters. The number of carbonyl (C=O) groups excluding carboxylic acids is 1. The van der Waals surface area contributed by atoms with Gasteiger partial charge >= 0.3 is 0 Å². The number of nitrogens with zero attached hydrogens (tertiary/aromatic N) is 3. The monoisotopic (exact) mass is 364 g/mol. The number of aryl methyl sites for hydroxylation is 1. The van der Waals surface area contributed by atoms with Crippen molar-refractivity contribution in [3.63, 3.8) is 0 Å². The fourth-order valence-corrected chi connectivity index (χ4v) is 2.71. The first-order chi connectivity index (χ1) is 13.1. The molecule has 27 heavy (non-hydrogen) atoms. The average molecular weight is 364 g/mol. The van der Waals surface area contributed by atoms with Crippen LogP contribution in [0, 0.1) is 12.7 Å². The van der Waals surface area contributed by atoms with Crippen molar-refractivity contribution in [1.82, 2.24) is 9.97 Å². The highest BCUT2D eigenvalue weighted by atomic mass is 19.1. The Labute approximate surface area is 157 Å². The van der Waals surface area contributed by atoms with Gasteiger partial charge in [-0.2, -0.15) is 0 Å². The van der Waals surface area contributed by atoms with E-state index in [2.05, 4.69) is 15.3 Å². The lowest BCUT2D eigenvalue weighted by Crippen LogP contribution is -2.30. The van der Waals surface area contributed by atoms with E-state index >= 15 is 0 Å². The van der Waals surface area contributed by atoms with E-state index in [0.717, 1.165) is 16.8 Å². The van der Waals surface area contributed by atoms with E-state index in [1.165, 1.54) is 24.5 Å². The predicted molar refractivity (Wildman–Crippen MR) is 104 cm³/mol. The molecule has 0 saturated carbocycles. The molecule has 1 amide bonds. The fourth-order valence-electron chi connectivity index (χ4n) is 2.71. The van der Waals surface area contributed by atoms with Crippen LogP contribution in [0.3, 0.4) is 0 Å². The normalized spacial score (nSPS) is 10.5. The lowest BCUT2D eigenvalue weighted by molar-refractivity contribution is 0.0987. The van der Waals surface area contributed by atoms with Gasteiger partial charge in [-0.15, -0.1) is 0 Å². The van der Waals surface area contributed by atoms with Crippen LogP contribution in [-0.2, 0) is 6.54 Å². The van der Waals surface area contributed by atoms with Gasteiger partial charge in [0.25, 0.3) is 5.91 Å². The van der Waals surface area contributed by atoms with E-state index in [1.807, 2.05) is 38.1 Å².